The minimum atomic E-state index is -4.39. The van der Waals surface area contributed by atoms with Crippen molar-refractivity contribution in [2.24, 2.45) is 0 Å². The van der Waals surface area contributed by atoms with E-state index in [2.05, 4.69) is 18.6 Å². The van der Waals surface area contributed by atoms with Crippen LogP contribution < -0.4 is 4.72 Å². The smallest absolute Gasteiger partial charge is 0.275 e. The van der Waals surface area contributed by atoms with Crippen LogP contribution in [0.3, 0.4) is 0 Å². The van der Waals surface area contributed by atoms with Crippen molar-refractivity contribution < 1.29 is 32.3 Å². The number of amides is 3. The Balaban J connectivity index is 1.41. The highest BCUT2D eigenvalue weighted by Crippen LogP contribution is 2.31. The molecule has 0 radical (unpaired) electrons. The van der Waals surface area contributed by atoms with Crippen molar-refractivity contribution in [1.82, 2.24) is 24.3 Å². The second kappa shape index (κ2) is 20.2. The molecule has 4 aromatic carbocycles. The minimum absolute atomic E-state index is 0.0522. The normalized spacial score (nSPS) is 14.0. The number of benzene rings is 4. The zero-order valence-electron chi connectivity index (χ0n) is 34.4. The first-order chi connectivity index (χ1) is 28.9. The molecule has 1 aromatic heterocycles. The number of ether oxygens (including phenoxy) is 2. The van der Waals surface area contributed by atoms with E-state index in [1.54, 1.807) is 48.1 Å². The SMILES string of the molecule is CCCCN(CCCC)C(=O)c1nn(-c2ccc(C(=O)NS(=O)(=O)c3ccc4cccc(Cl)c4c3)cc2C(=O)N2Cc3ccccc3CC2COCCCOC)c(C)c1Cl. The number of rotatable bonds is 18. The summed E-state index contributed by atoms with van der Waals surface area (Å²) in [6.45, 7) is 8.38. The van der Waals surface area contributed by atoms with E-state index >= 15 is 4.79 Å². The number of halogens is 2. The number of nitrogens with zero attached hydrogens (tertiary/aromatic N) is 4. The number of methoxy groups -OCH3 is 1. The fourth-order valence-corrected chi connectivity index (χ4v) is 8.76. The Bertz CT molecular complexity index is 2470. The average Bonchev–Trinajstić information content (AvgIpc) is 3.55. The minimum Gasteiger partial charge on any atom is -0.385 e. The summed E-state index contributed by atoms with van der Waals surface area (Å²) in [7, 11) is -2.76. The van der Waals surface area contributed by atoms with Gasteiger partial charge in [0, 0.05) is 55.9 Å². The van der Waals surface area contributed by atoms with E-state index in [1.165, 1.54) is 35.0 Å². The van der Waals surface area contributed by atoms with E-state index in [-0.39, 0.29) is 57.5 Å². The van der Waals surface area contributed by atoms with Gasteiger partial charge in [-0.05, 0) is 85.5 Å². The maximum absolute atomic E-state index is 15.1. The summed E-state index contributed by atoms with van der Waals surface area (Å²) < 4.78 is 42.2. The van der Waals surface area contributed by atoms with Crippen LogP contribution in [0, 0.1) is 6.92 Å². The molecule has 15 heteroatoms. The van der Waals surface area contributed by atoms with Crippen LogP contribution in [0.1, 0.15) is 94.0 Å². The first kappa shape index (κ1) is 44.8. The van der Waals surface area contributed by atoms with E-state index in [1.807, 2.05) is 24.3 Å². The lowest BCUT2D eigenvalue weighted by Crippen LogP contribution is -2.47. The molecule has 1 atom stereocenters. The van der Waals surface area contributed by atoms with Crippen LogP contribution in [0.15, 0.2) is 83.8 Å². The van der Waals surface area contributed by atoms with Crippen LogP contribution in [0.5, 0.6) is 0 Å². The number of aromatic nitrogens is 2. The van der Waals surface area contributed by atoms with Gasteiger partial charge in [-0.15, -0.1) is 0 Å². The highest BCUT2D eigenvalue weighted by Gasteiger charge is 2.34. The molecule has 318 valence electrons. The lowest BCUT2D eigenvalue weighted by molar-refractivity contribution is 0.0323. The molecule has 0 fully saturated rings. The number of hydrogen-bond acceptors (Lipinski definition) is 8. The van der Waals surface area contributed by atoms with E-state index in [4.69, 9.17) is 37.8 Å². The number of nitrogens with one attached hydrogen (secondary N) is 1. The van der Waals surface area contributed by atoms with Gasteiger partial charge in [0.25, 0.3) is 27.7 Å². The number of hydrogen-bond donors (Lipinski definition) is 1. The molecule has 0 spiro atoms. The standard InChI is InChI=1S/C45H51Cl2N5O7S/c1-5-7-21-50(22-8-6-2)45(55)42-41(47)30(3)52(48-42)40-20-18-33(43(53)49-60(56,57)36-19-17-31-15-11-16-39(46)37(31)27-36)26-38(40)44(54)51-28-34-14-10-9-13-32(34)25-35(51)29-59-24-12-23-58-4/h9-11,13-20,26-27,35H,5-8,12,21-25,28-29H2,1-4H3,(H,49,53). The van der Waals surface area contributed by atoms with Gasteiger partial charge in [-0.1, -0.05) is 92.4 Å². The molecule has 12 nitrogen and oxygen atoms in total. The van der Waals surface area contributed by atoms with Gasteiger partial charge < -0.3 is 19.3 Å². The molecule has 0 aliphatic carbocycles. The van der Waals surface area contributed by atoms with Gasteiger partial charge in [0.2, 0.25) is 0 Å². The molecule has 0 saturated carbocycles. The number of fused-ring (bicyclic) bond motifs is 2. The van der Waals surface area contributed by atoms with Gasteiger partial charge in [-0.3, -0.25) is 14.4 Å². The van der Waals surface area contributed by atoms with Crippen molar-refractivity contribution in [3.05, 3.63) is 123 Å². The first-order valence-corrected chi connectivity index (χ1v) is 22.5. The van der Waals surface area contributed by atoms with E-state index in [0.29, 0.717) is 55.2 Å². The lowest BCUT2D eigenvalue weighted by Gasteiger charge is -2.37. The van der Waals surface area contributed by atoms with Gasteiger partial charge in [-0.2, -0.15) is 5.10 Å². The molecule has 1 aliphatic rings. The Labute approximate surface area is 361 Å². The van der Waals surface area contributed by atoms with Crippen LogP contribution >= 0.6 is 23.2 Å². The zero-order chi connectivity index (χ0) is 43.0. The third-order valence-electron chi connectivity index (χ3n) is 10.7. The second-order valence-electron chi connectivity index (χ2n) is 14.9. The summed E-state index contributed by atoms with van der Waals surface area (Å²) in [5.74, 6) is -1.71. The number of carbonyl (C=O) groups is 3. The largest absolute Gasteiger partial charge is 0.385 e. The molecule has 5 aromatic rings. The van der Waals surface area contributed by atoms with Crippen LogP contribution in [-0.2, 0) is 32.5 Å². The Morgan fingerprint density at radius 2 is 1.63 bits per heavy atom. The summed E-state index contributed by atoms with van der Waals surface area (Å²) >= 11 is 13.3. The van der Waals surface area contributed by atoms with Gasteiger partial charge in [0.15, 0.2) is 5.69 Å². The quantitative estimate of drug-likeness (QED) is 0.0866. The van der Waals surface area contributed by atoms with Crippen LogP contribution in [0.4, 0.5) is 0 Å². The van der Waals surface area contributed by atoms with Gasteiger partial charge in [0.05, 0.1) is 39.5 Å². The van der Waals surface area contributed by atoms with E-state index in [0.717, 1.165) is 42.2 Å². The summed E-state index contributed by atoms with van der Waals surface area (Å²) in [5, 5.41) is 6.48. The summed E-state index contributed by atoms with van der Waals surface area (Å²) in [6, 6.07) is 21.4. The Morgan fingerprint density at radius 3 is 2.35 bits per heavy atom. The van der Waals surface area contributed by atoms with Crippen molar-refractivity contribution in [2.75, 3.05) is 40.0 Å². The lowest BCUT2D eigenvalue weighted by atomic mass is 9.93. The topological polar surface area (TPSA) is 140 Å². The maximum Gasteiger partial charge on any atom is 0.275 e. The molecule has 3 amide bonds. The monoisotopic (exact) mass is 875 g/mol. The fraction of sp³-hybridized carbons (Fsp3) is 0.378. The van der Waals surface area contributed by atoms with E-state index < -0.39 is 21.8 Å². The van der Waals surface area contributed by atoms with Gasteiger partial charge in [0.1, 0.15) is 0 Å². The van der Waals surface area contributed by atoms with Crippen molar-refractivity contribution in [3.63, 3.8) is 0 Å². The molecule has 1 aliphatic heterocycles. The molecule has 0 saturated heterocycles. The summed E-state index contributed by atoms with van der Waals surface area (Å²) in [4.78, 5) is 46.3. The third-order valence-corrected chi connectivity index (χ3v) is 12.8. The third kappa shape index (κ3) is 10.0. The Hall–Kier alpha value is -4.79. The second-order valence-corrected chi connectivity index (χ2v) is 17.4. The molecular weight excluding hydrogens is 825 g/mol. The number of unbranched alkanes of at least 4 members (excludes halogenated alkanes) is 2. The summed E-state index contributed by atoms with van der Waals surface area (Å²) in [6.07, 6.45) is 4.64. The Morgan fingerprint density at radius 1 is 0.900 bits per heavy atom. The highest BCUT2D eigenvalue weighted by atomic mass is 35.5. The number of carbonyl (C=O) groups excluding carboxylic acids is 3. The molecule has 60 heavy (non-hydrogen) atoms. The predicted octanol–water partition coefficient (Wildman–Crippen LogP) is 8.42. The molecule has 2 heterocycles. The fourth-order valence-electron chi connectivity index (χ4n) is 7.32. The van der Waals surface area contributed by atoms with E-state index in [9.17, 15) is 18.0 Å². The van der Waals surface area contributed by atoms with Crippen LogP contribution in [0.2, 0.25) is 10.0 Å². The van der Waals surface area contributed by atoms with Gasteiger partial charge in [-0.25, -0.2) is 17.8 Å². The highest BCUT2D eigenvalue weighted by molar-refractivity contribution is 7.90. The van der Waals surface area contributed by atoms with Crippen LogP contribution in [-0.4, -0.2) is 91.8 Å². The molecule has 1 N–H and O–H groups in total. The van der Waals surface area contributed by atoms with Crippen molar-refractivity contribution in [2.45, 2.75) is 76.8 Å². The molecular formula is C45H51Cl2N5O7S. The van der Waals surface area contributed by atoms with Crippen molar-refractivity contribution in [1.29, 1.82) is 0 Å². The predicted molar refractivity (Wildman–Crippen MR) is 234 cm³/mol. The summed E-state index contributed by atoms with van der Waals surface area (Å²) in [5.41, 5.74) is 2.74. The molecule has 6 rings (SSSR count). The van der Waals surface area contributed by atoms with Crippen molar-refractivity contribution in [3.8, 4) is 5.69 Å². The Kier molecular flexibility index (Phi) is 15.1. The van der Waals surface area contributed by atoms with Crippen LogP contribution in [0.25, 0.3) is 16.5 Å². The zero-order valence-corrected chi connectivity index (χ0v) is 36.7. The molecule has 1 unspecified atom stereocenters. The van der Waals surface area contributed by atoms with Crippen molar-refractivity contribution >= 4 is 61.7 Å². The molecule has 0 bridgehead atoms. The maximum atomic E-state index is 15.1. The number of sulfonamides is 1. The first-order valence-electron chi connectivity index (χ1n) is 20.3. The van der Waals surface area contributed by atoms with Gasteiger partial charge >= 0.3 is 0 Å². The average molecular weight is 877 g/mol.